The van der Waals surface area contributed by atoms with Crippen molar-refractivity contribution in [2.24, 2.45) is 0 Å². The molecule has 238 valence electrons. The molecule has 0 radical (unpaired) electrons. The third kappa shape index (κ3) is 7.38. The van der Waals surface area contributed by atoms with Crippen LogP contribution in [0.15, 0.2) is 91.0 Å². The zero-order chi connectivity index (χ0) is 32.8. The highest BCUT2D eigenvalue weighted by atomic mass is 19.4. The highest BCUT2D eigenvalue weighted by Crippen LogP contribution is 2.39. The van der Waals surface area contributed by atoms with Gasteiger partial charge in [0.2, 0.25) is 0 Å². The highest BCUT2D eigenvalue weighted by Gasteiger charge is 2.32. The number of aryl methyl sites for hydroxylation is 1. The molecule has 9 heteroatoms. The van der Waals surface area contributed by atoms with E-state index in [1.807, 2.05) is 53.1 Å². The monoisotopic (exact) mass is 628 g/mol. The number of aromatic nitrogens is 2. The Labute approximate surface area is 266 Å². The van der Waals surface area contributed by atoms with E-state index in [9.17, 15) is 23.1 Å². The van der Waals surface area contributed by atoms with E-state index in [1.54, 1.807) is 51.5 Å². The van der Waals surface area contributed by atoms with Gasteiger partial charge in [-0.1, -0.05) is 48.5 Å². The Morgan fingerprint density at radius 3 is 2.11 bits per heavy atom. The van der Waals surface area contributed by atoms with Crippen LogP contribution in [0.4, 0.5) is 13.2 Å². The van der Waals surface area contributed by atoms with Crippen molar-refractivity contribution in [2.75, 3.05) is 20.8 Å². The molecule has 1 N–H and O–H groups in total. The number of halogens is 3. The second-order valence-corrected chi connectivity index (χ2v) is 11.1. The van der Waals surface area contributed by atoms with Gasteiger partial charge < -0.3 is 19.1 Å². The fraction of sp³-hybridized carbons (Fsp3) is 0.243. The molecule has 4 aromatic carbocycles. The number of carbonyl (C=O) groups is 1. The number of methoxy groups -OCH3 is 2. The predicted octanol–water partition coefficient (Wildman–Crippen LogP) is 8.37. The molecule has 0 bridgehead atoms. The normalized spacial score (nSPS) is 11.5. The first-order valence-corrected chi connectivity index (χ1v) is 14.9. The van der Waals surface area contributed by atoms with Gasteiger partial charge in [-0.3, -0.25) is 4.79 Å². The number of rotatable bonds is 12. The van der Waals surface area contributed by atoms with Gasteiger partial charge in [-0.05, 0) is 72.5 Å². The van der Waals surface area contributed by atoms with Gasteiger partial charge in [-0.2, -0.15) is 13.2 Å². The molecule has 46 heavy (non-hydrogen) atoms. The van der Waals surface area contributed by atoms with Gasteiger partial charge in [0.15, 0.2) is 5.78 Å². The van der Waals surface area contributed by atoms with Crippen LogP contribution in [-0.4, -0.2) is 41.3 Å². The Kier molecular flexibility index (Phi) is 10.0. The minimum Gasteiger partial charge on any atom is -0.497 e. The number of ketones is 1. The Bertz CT molecular complexity index is 1790. The number of hydrogen-bond acceptors (Lipinski definition) is 5. The second kappa shape index (κ2) is 14.1. The van der Waals surface area contributed by atoms with Crippen LogP contribution >= 0.6 is 0 Å². The van der Waals surface area contributed by atoms with Crippen LogP contribution in [0.25, 0.3) is 33.9 Å². The molecule has 0 unspecified atom stereocenters. The minimum absolute atomic E-state index is 0.0129. The van der Waals surface area contributed by atoms with Crippen molar-refractivity contribution >= 4 is 5.78 Å². The van der Waals surface area contributed by atoms with E-state index in [2.05, 4.69) is 0 Å². The maximum atomic E-state index is 14.0. The lowest BCUT2D eigenvalue weighted by atomic mass is 10.0. The molecule has 0 aliphatic rings. The van der Waals surface area contributed by atoms with E-state index in [0.29, 0.717) is 59.1 Å². The molecule has 0 atom stereocenters. The molecule has 0 saturated carbocycles. The summed E-state index contributed by atoms with van der Waals surface area (Å²) in [6, 6.07) is 25.9. The van der Waals surface area contributed by atoms with Crippen LogP contribution in [-0.2, 0) is 24.1 Å². The van der Waals surface area contributed by atoms with Crippen molar-refractivity contribution in [3.8, 4) is 39.7 Å². The Hall–Kier alpha value is -4.73. The number of Topliss-reactive ketones (excluding diaryl/α,β-unsaturated/α-hetero) is 1. The molecular weight excluding hydrogens is 593 g/mol. The van der Waals surface area contributed by atoms with Crippen molar-refractivity contribution in [1.29, 1.82) is 0 Å². The number of alkyl halides is 3. The lowest BCUT2D eigenvalue weighted by Gasteiger charge is -2.16. The fourth-order valence-electron chi connectivity index (χ4n) is 5.41. The maximum Gasteiger partial charge on any atom is 0.416 e. The summed E-state index contributed by atoms with van der Waals surface area (Å²) in [5.74, 6) is 1.03. The van der Waals surface area contributed by atoms with E-state index in [-0.39, 0.29) is 18.9 Å². The van der Waals surface area contributed by atoms with Crippen LogP contribution < -0.4 is 4.74 Å². The van der Waals surface area contributed by atoms with Gasteiger partial charge in [0.25, 0.3) is 0 Å². The Morgan fingerprint density at radius 1 is 0.848 bits per heavy atom. The van der Waals surface area contributed by atoms with Crippen LogP contribution in [0.1, 0.15) is 45.5 Å². The maximum absolute atomic E-state index is 14.0. The molecule has 1 heterocycles. The molecule has 0 aliphatic heterocycles. The number of ether oxygens (including phenoxy) is 2. The van der Waals surface area contributed by atoms with E-state index in [4.69, 9.17) is 14.5 Å². The van der Waals surface area contributed by atoms with Gasteiger partial charge in [-0.25, -0.2) is 4.98 Å². The third-order valence-corrected chi connectivity index (χ3v) is 7.77. The van der Waals surface area contributed by atoms with Crippen molar-refractivity contribution in [2.45, 2.75) is 39.1 Å². The Balaban J connectivity index is 1.70. The standard InChI is InChI=1S/C37H35F3N2O4/c1-24-19-30(21-31(20-24)37(38,39)40)36-41-34(28-12-8-26(23-43)9-13-28)35(29-14-16-32(46-3)17-15-29)42(36)22-25-6-10-27(11-7-25)33(44)5-4-18-45-2/h6-17,19-21,43H,4-5,18,22-23H2,1-3H3. The lowest BCUT2D eigenvalue weighted by Crippen LogP contribution is -2.08. The van der Waals surface area contributed by atoms with Gasteiger partial charge in [0, 0.05) is 48.9 Å². The van der Waals surface area contributed by atoms with E-state index < -0.39 is 11.7 Å². The topological polar surface area (TPSA) is 73.6 Å². The second-order valence-electron chi connectivity index (χ2n) is 11.1. The largest absolute Gasteiger partial charge is 0.497 e. The van der Waals surface area contributed by atoms with E-state index >= 15 is 0 Å². The number of aliphatic hydroxyl groups excluding tert-OH is 1. The first-order chi connectivity index (χ1) is 22.1. The zero-order valence-corrected chi connectivity index (χ0v) is 25.9. The van der Waals surface area contributed by atoms with Gasteiger partial charge in [-0.15, -0.1) is 0 Å². The molecule has 0 saturated heterocycles. The quantitative estimate of drug-likeness (QED) is 0.111. The summed E-state index contributed by atoms with van der Waals surface area (Å²) in [6.07, 6.45) is -3.54. The fourth-order valence-corrected chi connectivity index (χ4v) is 5.41. The first-order valence-electron chi connectivity index (χ1n) is 14.9. The van der Waals surface area contributed by atoms with Crippen LogP contribution in [0.3, 0.4) is 0 Å². The number of imidazole rings is 1. The number of nitrogens with zero attached hydrogens (tertiary/aromatic N) is 2. The summed E-state index contributed by atoms with van der Waals surface area (Å²) in [5.41, 5.74) is 4.97. The SMILES string of the molecule is COCCCC(=O)c1ccc(Cn2c(-c3cc(C)cc(C(F)(F)F)c3)nc(-c3ccc(CO)cc3)c2-c2ccc(OC)cc2)cc1. The summed E-state index contributed by atoms with van der Waals surface area (Å²) < 4.78 is 54.3. The summed E-state index contributed by atoms with van der Waals surface area (Å²) in [5, 5.41) is 9.62. The van der Waals surface area contributed by atoms with Crippen molar-refractivity contribution < 1.29 is 32.5 Å². The average Bonchev–Trinajstić information content (AvgIpc) is 3.43. The number of carbonyl (C=O) groups excluding carboxylic acids is 1. The summed E-state index contributed by atoms with van der Waals surface area (Å²) in [7, 11) is 3.17. The van der Waals surface area contributed by atoms with Gasteiger partial charge >= 0.3 is 6.18 Å². The third-order valence-electron chi connectivity index (χ3n) is 7.77. The van der Waals surface area contributed by atoms with Gasteiger partial charge in [0.1, 0.15) is 11.6 Å². The summed E-state index contributed by atoms with van der Waals surface area (Å²) in [6.45, 7) is 2.28. The molecule has 0 fully saturated rings. The number of aliphatic hydroxyl groups is 1. The smallest absolute Gasteiger partial charge is 0.416 e. The van der Waals surface area contributed by atoms with E-state index in [0.717, 1.165) is 34.4 Å². The molecule has 0 aliphatic carbocycles. The molecule has 5 aromatic rings. The molecule has 5 rings (SSSR count). The Morgan fingerprint density at radius 2 is 1.50 bits per heavy atom. The first kappa shape index (κ1) is 32.7. The van der Waals surface area contributed by atoms with Crippen LogP contribution in [0, 0.1) is 6.92 Å². The van der Waals surface area contributed by atoms with Crippen molar-refractivity contribution in [3.63, 3.8) is 0 Å². The minimum atomic E-state index is -4.54. The lowest BCUT2D eigenvalue weighted by molar-refractivity contribution is -0.137. The van der Waals surface area contributed by atoms with Gasteiger partial charge in [0.05, 0.1) is 30.7 Å². The van der Waals surface area contributed by atoms with E-state index in [1.165, 1.54) is 0 Å². The van der Waals surface area contributed by atoms with Crippen LogP contribution in [0.5, 0.6) is 5.75 Å². The average molecular weight is 629 g/mol. The summed E-state index contributed by atoms with van der Waals surface area (Å²) in [4.78, 5) is 17.7. The number of benzene rings is 4. The molecule has 1 aromatic heterocycles. The van der Waals surface area contributed by atoms with Crippen molar-refractivity contribution in [3.05, 3.63) is 119 Å². The zero-order valence-electron chi connectivity index (χ0n) is 25.9. The number of hydrogen-bond donors (Lipinski definition) is 1. The van der Waals surface area contributed by atoms with Crippen molar-refractivity contribution in [1.82, 2.24) is 9.55 Å². The molecular formula is C37H35F3N2O4. The van der Waals surface area contributed by atoms with Crippen LogP contribution in [0.2, 0.25) is 0 Å². The highest BCUT2D eigenvalue weighted by molar-refractivity contribution is 5.96. The molecule has 0 amide bonds. The summed E-state index contributed by atoms with van der Waals surface area (Å²) >= 11 is 0. The molecule has 0 spiro atoms. The predicted molar refractivity (Wildman–Crippen MR) is 172 cm³/mol. The molecule has 6 nitrogen and oxygen atoms in total.